The third kappa shape index (κ3) is 7.12. The summed E-state index contributed by atoms with van der Waals surface area (Å²) in [5, 5.41) is 35.7. The van der Waals surface area contributed by atoms with Gasteiger partial charge in [-0.1, -0.05) is 5.16 Å². The fourth-order valence-electron chi connectivity index (χ4n) is 4.00. The Kier molecular flexibility index (Phi) is 9.71. The zero-order chi connectivity index (χ0) is 33.9. The number of aromatic nitrogens is 1. The highest BCUT2D eigenvalue weighted by Gasteiger charge is 2.54. The highest BCUT2D eigenvalue weighted by molar-refractivity contribution is 8.00. The monoisotopic (exact) mass is 677 g/mol. The van der Waals surface area contributed by atoms with E-state index in [-0.39, 0.29) is 40.0 Å². The zero-order valence-corrected chi connectivity index (χ0v) is 25.9. The van der Waals surface area contributed by atoms with E-state index >= 15 is 0 Å². The maximum atomic E-state index is 13.4. The van der Waals surface area contributed by atoms with Crippen molar-refractivity contribution in [3.8, 4) is 11.5 Å². The summed E-state index contributed by atoms with van der Waals surface area (Å²) in [7, 11) is 0. The van der Waals surface area contributed by atoms with Gasteiger partial charge in [0.15, 0.2) is 22.3 Å². The smallest absolute Gasteiger partial charge is 0.352 e. The first kappa shape index (κ1) is 33.5. The number of nitrogens with zero attached hydrogens (tertiary/aromatic N) is 3. The SMILES string of the molecule is CC(=O)OCC1=C(C(=O)O)N2C(=O)C(NC(=O)C(=NOC(C)(C)C(=O)NNC(=O)c3ccc(O)c(O)c3)c3csc(N)n3)[C@H]2SC1. The number of hydrogen-bond donors (Lipinski definition) is 7. The molecular weight excluding hydrogens is 650 g/mol. The zero-order valence-electron chi connectivity index (χ0n) is 24.2. The molecule has 2 atom stereocenters. The van der Waals surface area contributed by atoms with Gasteiger partial charge in [-0.15, -0.1) is 23.1 Å². The number of nitrogen functional groups attached to an aromatic ring is 1. The van der Waals surface area contributed by atoms with Crippen LogP contribution < -0.4 is 21.9 Å². The Morgan fingerprint density at radius 1 is 1.17 bits per heavy atom. The molecule has 18 nitrogen and oxygen atoms in total. The fraction of sp³-hybridized carbons (Fsp3) is 0.308. The molecule has 0 radical (unpaired) electrons. The molecule has 1 aromatic heterocycles. The average Bonchev–Trinajstić information content (AvgIpc) is 3.43. The molecule has 0 bridgehead atoms. The number of hydrogen-bond acceptors (Lipinski definition) is 15. The van der Waals surface area contributed by atoms with E-state index in [0.717, 1.165) is 47.1 Å². The molecule has 4 amide bonds. The highest BCUT2D eigenvalue weighted by Crippen LogP contribution is 2.40. The second-order valence-corrected chi connectivity index (χ2v) is 12.1. The van der Waals surface area contributed by atoms with E-state index in [9.17, 15) is 44.1 Å². The number of amides is 4. The molecule has 2 aliphatic rings. The van der Waals surface area contributed by atoms with Gasteiger partial charge >= 0.3 is 11.9 Å². The van der Waals surface area contributed by atoms with Crippen molar-refractivity contribution in [3.05, 3.63) is 46.1 Å². The molecular formula is C26H27N7O11S2. The van der Waals surface area contributed by atoms with Crippen LogP contribution in [-0.4, -0.2) is 95.9 Å². The number of rotatable bonds is 10. The minimum absolute atomic E-state index is 0.0497. The largest absolute Gasteiger partial charge is 0.504 e. The summed E-state index contributed by atoms with van der Waals surface area (Å²) in [5.74, 6) is -6.35. The van der Waals surface area contributed by atoms with Gasteiger partial charge in [0.05, 0.1) is 0 Å². The molecule has 244 valence electrons. The molecule has 2 aliphatic heterocycles. The lowest BCUT2D eigenvalue weighted by atomic mass is 10.0. The number of esters is 1. The number of oxime groups is 1. The number of anilines is 1. The quantitative estimate of drug-likeness (QED) is 0.0544. The van der Waals surface area contributed by atoms with E-state index < -0.39 is 69.8 Å². The number of carboxylic acids is 1. The van der Waals surface area contributed by atoms with Crippen molar-refractivity contribution in [2.75, 3.05) is 18.1 Å². The summed E-state index contributed by atoms with van der Waals surface area (Å²) in [6.07, 6.45) is 0. The molecule has 0 spiro atoms. The number of carboxylic acid groups (broad SMARTS) is 1. The van der Waals surface area contributed by atoms with Gasteiger partial charge in [-0.05, 0) is 32.0 Å². The summed E-state index contributed by atoms with van der Waals surface area (Å²) in [6.45, 7) is 3.39. The molecule has 3 heterocycles. The molecule has 4 rings (SSSR count). The maximum Gasteiger partial charge on any atom is 0.352 e. The minimum Gasteiger partial charge on any atom is -0.504 e. The molecule has 46 heavy (non-hydrogen) atoms. The van der Waals surface area contributed by atoms with Crippen molar-refractivity contribution in [3.63, 3.8) is 0 Å². The summed E-state index contributed by atoms with van der Waals surface area (Å²) in [5.41, 5.74) is 7.43. The predicted octanol–water partition coefficient (Wildman–Crippen LogP) is -0.601. The van der Waals surface area contributed by atoms with Gasteiger partial charge in [0.1, 0.15) is 29.4 Å². The van der Waals surface area contributed by atoms with Crippen LogP contribution in [0.3, 0.4) is 0 Å². The normalized spacial score (nSPS) is 17.8. The number of aliphatic carboxylic acids is 1. The first-order valence-electron chi connectivity index (χ1n) is 13.0. The molecule has 1 fully saturated rings. The molecule has 0 saturated carbocycles. The van der Waals surface area contributed by atoms with Crippen LogP contribution >= 0.6 is 23.1 Å². The van der Waals surface area contributed by atoms with Crippen molar-refractivity contribution in [2.45, 2.75) is 37.8 Å². The van der Waals surface area contributed by atoms with Gasteiger partial charge in [-0.25, -0.2) is 9.78 Å². The third-order valence-corrected chi connectivity index (χ3v) is 8.42. The van der Waals surface area contributed by atoms with E-state index in [4.69, 9.17) is 15.3 Å². The minimum atomic E-state index is -1.81. The third-order valence-electron chi connectivity index (χ3n) is 6.40. The number of benzene rings is 1. The average molecular weight is 678 g/mol. The number of fused-ring (bicyclic) bond motifs is 1. The molecule has 1 unspecified atom stereocenters. The Balaban J connectivity index is 1.46. The number of thiazole rings is 1. The van der Waals surface area contributed by atoms with Crippen LogP contribution in [0, 0.1) is 0 Å². The number of phenols is 2. The standard InChI is InChI=1S/C26H27N7O11S2/c1-10(34)43-7-12-8-45-22-17(21(39)33(22)18(12)23(40)41)29-20(38)16(13-9-46-25(27)28-13)32-44-26(2,3)24(42)31-30-19(37)11-4-5-14(35)15(36)6-11/h4-6,9,17,22,35-36H,7-8H2,1-3H3,(H2,27,28)(H,29,38)(H,30,37)(H,31,42)(H,40,41)/t17?,22-/m1/s1. The van der Waals surface area contributed by atoms with Crippen molar-refractivity contribution >= 4 is 69.5 Å². The Hall–Kier alpha value is -5.37. The van der Waals surface area contributed by atoms with Crippen LogP contribution in [0.2, 0.25) is 0 Å². The molecule has 20 heteroatoms. The Bertz CT molecular complexity index is 1690. The van der Waals surface area contributed by atoms with Crippen molar-refractivity contribution < 1.29 is 53.7 Å². The number of ether oxygens (including phenoxy) is 1. The van der Waals surface area contributed by atoms with Gasteiger partial charge in [-0.3, -0.25) is 39.7 Å². The summed E-state index contributed by atoms with van der Waals surface area (Å²) < 4.78 is 4.91. The fourth-order valence-corrected chi connectivity index (χ4v) is 5.87. The second kappa shape index (κ2) is 13.3. The molecule has 2 aromatic rings. The number of aromatic hydroxyl groups is 2. The van der Waals surface area contributed by atoms with Crippen LogP contribution in [0.15, 0.2) is 40.0 Å². The summed E-state index contributed by atoms with van der Waals surface area (Å²) >= 11 is 2.12. The van der Waals surface area contributed by atoms with Crippen molar-refractivity contribution in [2.24, 2.45) is 5.16 Å². The van der Waals surface area contributed by atoms with E-state index in [2.05, 4.69) is 26.3 Å². The van der Waals surface area contributed by atoms with Crippen LogP contribution in [0.25, 0.3) is 0 Å². The Morgan fingerprint density at radius 2 is 1.89 bits per heavy atom. The number of hydrazine groups is 1. The molecule has 8 N–H and O–H groups in total. The number of carbonyl (C=O) groups is 6. The van der Waals surface area contributed by atoms with Gasteiger partial charge < -0.3 is 35.9 Å². The first-order chi connectivity index (χ1) is 21.6. The van der Waals surface area contributed by atoms with E-state index in [1.807, 2.05) is 0 Å². The van der Waals surface area contributed by atoms with Gasteiger partial charge in [0, 0.05) is 29.2 Å². The lowest BCUT2D eigenvalue weighted by Gasteiger charge is -2.49. The summed E-state index contributed by atoms with van der Waals surface area (Å²) in [4.78, 5) is 85.1. The molecule has 1 aromatic carbocycles. The predicted molar refractivity (Wildman–Crippen MR) is 160 cm³/mol. The topological polar surface area (TPSA) is 272 Å². The van der Waals surface area contributed by atoms with Crippen LogP contribution in [0.1, 0.15) is 36.8 Å². The number of thioether (sulfide) groups is 1. The number of carbonyl (C=O) groups excluding carboxylic acids is 5. The number of phenolic OH excluding ortho intramolecular Hbond substituents is 2. The van der Waals surface area contributed by atoms with Crippen LogP contribution in [0.4, 0.5) is 5.13 Å². The van der Waals surface area contributed by atoms with E-state index in [1.54, 1.807) is 0 Å². The Labute approximate surface area is 267 Å². The van der Waals surface area contributed by atoms with Gasteiger partial charge in [-0.2, -0.15) is 0 Å². The van der Waals surface area contributed by atoms with Crippen LogP contribution in [0.5, 0.6) is 11.5 Å². The number of β-lactam (4-membered cyclic amide) rings is 1. The lowest BCUT2D eigenvalue weighted by molar-refractivity contribution is -0.150. The second-order valence-electron chi connectivity index (χ2n) is 10.1. The summed E-state index contributed by atoms with van der Waals surface area (Å²) in [6, 6.07) is 2.09. The number of nitrogens with two attached hydrogens (primary N) is 1. The Morgan fingerprint density at radius 3 is 2.50 bits per heavy atom. The lowest BCUT2D eigenvalue weighted by Crippen LogP contribution is -2.71. The van der Waals surface area contributed by atoms with Crippen molar-refractivity contribution in [1.29, 1.82) is 0 Å². The van der Waals surface area contributed by atoms with E-state index in [0.29, 0.717) is 0 Å². The molecule has 0 aliphatic carbocycles. The first-order valence-corrected chi connectivity index (χ1v) is 15.0. The van der Waals surface area contributed by atoms with Crippen molar-refractivity contribution in [1.82, 2.24) is 26.1 Å². The maximum absolute atomic E-state index is 13.4. The van der Waals surface area contributed by atoms with Gasteiger partial charge in [0.25, 0.3) is 23.6 Å². The molecule has 1 saturated heterocycles. The highest BCUT2D eigenvalue weighted by atomic mass is 32.2. The number of nitrogens with one attached hydrogen (secondary N) is 3. The van der Waals surface area contributed by atoms with Crippen LogP contribution in [-0.2, 0) is 33.5 Å². The van der Waals surface area contributed by atoms with E-state index in [1.165, 1.54) is 25.3 Å². The van der Waals surface area contributed by atoms with Gasteiger partial charge in [0.2, 0.25) is 5.60 Å².